The molecule has 0 amide bonds. The number of piperazine rings is 1. The molecular formula is C18H27FN2. The summed E-state index contributed by atoms with van der Waals surface area (Å²) in [7, 11) is 0. The molecule has 3 heteroatoms. The summed E-state index contributed by atoms with van der Waals surface area (Å²) in [5.74, 6) is 0.713. The van der Waals surface area contributed by atoms with E-state index in [1.807, 2.05) is 12.1 Å². The molecule has 0 spiro atoms. The van der Waals surface area contributed by atoms with Crippen LogP contribution in [0.4, 0.5) is 4.39 Å². The number of halogens is 1. The molecule has 2 fully saturated rings. The van der Waals surface area contributed by atoms with Gasteiger partial charge < -0.3 is 5.32 Å². The third kappa shape index (κ3) is 2.86. The average Bonchev–Trinajstić information content (AvgIpc) is 3.31. The maximum absolute atomic E-state index is 14.0. The second kappa shape index (κ2) is 5.36. The summed E-state index contributed by atoms with van der Waals surface area (Å²) in [6, 6.07) is 7.19. The van der Waals surface area contributed by atoms with Crippen LogP contribution in [0.5, 0.6) is 0 Å². The Morgan fingerprint density at radius 3 is 2.62 bits per heavy atom. The molecule has 1 aromatic rings. The van der Waals surface area contributed by atoms with E-state index in [0.29, 0.717) is 6.54 Å². The van der Waals surface area contributed by atoms with Gasteiger partial charge in [-0.25, -0.2) is 4.39 Å². The summed E-state index contributed by atoms with van der Waals surface area (Å²) >= 11 is 0. The van der Waals surface area contributed by atoms with Crippen LogP contribution in [0.1, 0.15) is 45.6 Å². The zero-order valence-electron chi connectivity index (χ0n) is 13.5. The molecule has 1 aromatic carbocycles. The smallest absolute Gasteiger partial charge is 0.127 e. The van der Waals surface area contributed by atoms with Crippen LogP contribution in [0.2, 0.25) is 0 Å². The first-order chi connectivity index (χ1) is 9.97. The highest BCUT2D eigenvalue weighted by Gasteiger charge is 2.48. The zero-order chi connectivity index (χ0) is 15.1. The van der Waals surface area contributed by atoms with Crippen molar-refractivity contribution in [3.8, 4) is 0 Å². The molecule has 0 bridgehead atoms. The van der Waals surface area contributed by atoms with Crippen molar-refractivity contribution in [1.82, 2.24) is 10.2 Å². The summed E-state index contributed by atoms with van der Waals surface area (Å²) in [4.78, 5) is 2.50. The average molecular weight is 290 g/mol. The Labute approximate surface area is 127 Å². The van der Waals surface area contributed by atoms with Gasteiger partial charge in [0.25, 0.3) is 0 Å². The fraction of sp³-hybridized carbons (Fsp3) is 0.667. The number of benzene rings is 1. The van der Waals surface area contributed by atoms with E-state index in [-0.39, 0.29) is 16.9 Å². The Kier molecular flexibility index (Phi) is 3.83. The van der Waals surface area contributed by atoms with Gasteiger partial charge in [0.2, 0.25) is 0 Å². The Morgan fingerprint density at radius 2 is 2.00 bits per heavy atom. The normalized spacial score (nSPS) is 34.1. The van der Waals surface area contributed by atoms with Crippen molar-refractivity contribution in [1.29, 1.82) is 0 Å². The summed E-state index contributed by atoms with van der Waals surface area (Å²) in [6.45, 7) is 9.58. The van der Waals surface area contributed by atoms with Gasteiger partial charge in [-0.3, -0.25) is 4.90 Å². The highest BCUT2D eigenvalue weighted by Crippen LogP contribution is 2.43. The van der Waals surface area contributed by atoms with Crippen LogP contribution in [0.3, 0.4) is 0 Å². The minimum Gasteiger partial charge on any atom is -0.308 e. The lowest BCUT2D eigenvalue weighted by molar-refractivity contribution is 0.00357. The van der Waals surface area contributed by atoms with Crippen molar-refractivity contribution >= 4 is 0 Å². The quantitative estimate of drug-likeness (QED) is 0.912. The molecule has 21 heavy (non-hydrogen) atoms. The predicted octanol–water partition coefficient (Wildman–Crippen LogP) is 3.57. The van der Waals surface area contributed by atoms with Crippen molar-refractivity contribution in [3.05, 3.63) is 35.6 Å². The van der Waals surface area contributed by atoms with E-state index in [1.165, 1.54) is 12.8 Å². The van der Waals surface area contributed by atoms with Crippen molar-refractivity contribution < 1.29 is 4.39 Å². The van der Waals surface area contributed by atoms with E-state index in [2.05, 4.69) is 31.0 Å². The molecule has 0 aromatic heterocycles. The topological polar surface area (TPSA) is 15.3 Å². The number of nitrogens with one attached hydrogen (secondary N) is 1. The fourth-order valence-electron chi connectivity index (χ4n) is 3.57. The van der Waals surface area contributed by atoms with Gasteiger partial charge in [0.05, 0.1) is 0 Å². The van der Waals surface area contributed by atoms with Gasteiger partial charge in [-0.2, -0.15) is 0 Å². The van der Waals surface area contributed by atoms with E-state index in [0.717, 1.165) is 31.0 Å². The first-order valence-electron chi connectivity index (χ1n) is 8.20. The molecule has 2 nitrogen and oxygen atoms in total. The molecule has 2 aliphatic rings. The van der Waals surface area contributed by atoms with E-state index >= 15 is 0 Å². The van der Waals surface area contributed by atoms with Gasteiger partial charge in [0.1, 0.15) is 5.82 Å². The molecule has 2 atom stereocenters. The Bertz CT molecular complexity index is 514. The van der Waals surface area contributed by atoms with Crippen LogP contribution in [-0.2, 0) is 6.54 Å². The lowest BCUT2D eigenvalue weighted by Gasteiger charge is -2.52. The largest absolute Gasteiger partial charge is 0.308 e. The van der Waals surface area contributed by atoms with Gasteiger partial charge in [-0.1, -0.05) is 25.1 Å². The molecule has 1 saturated heterocycles. The maximum atomic E-state index is 14.0. The third-order valence-corrected chi connectivity index (χ3v) is 5.71. The van der Waals surface area contributed by atoms with E-state index in [4.69, 9.17) is 0 Å². The van der Waals surface area contributed by atoms with Crippen LogP contribution < -0.4 is 5.32 Å². The Morgan fingerprint density at radius 1 is 1.29 bits per heavy atom. The van der Waals surface area contributed by atoms with Gasteiger partial charge in [-0.05, 0) is 45.1 Å². The first kappa shape index (κ1) is 15.0. The van der Waals surface area contributed by atoms with E-state index in [9.17, 15) is 4.39 Å². The molecule has 2 unspecified atom stereocenters. The number of hydrogen-bond acceptors (Lipinski definition) is 2. The maximum Gasteiger partial charge on any atom is 0.127 e. The molecule has 116 valence electrons. The monoisotopic (exact) mass is 290 g/mol. The summed E-state index contributed by atoms with van der Waals surface area (Å²) in [5, 5.41) is 3.79. The number of hydrogen-bond donors (Lipinski definition) is 1. The van der Waals surface area contributed by atoms with Crippen LogP contribution >= 0.6 is 0 Å². The summed E-state index contributed by atoms with van der Waals surface area (Å²) in [6.07, 6.45) is 3.74. The Hall–Kier alpha value is -0.930. The second-order valence-electron chi connectivity index (χ2n) is 7.34. The van der Waals surface area contributed by atoms with Crippen LogP contribution in [0, 0.1) is 11.7 Å². The Balaban J connectivity index is 1.82. The minimum absolute atomic E-state index is 0.0809. The number of rotatable bonds is 4. The molecule has 1 aliphatic heterocycles. The lowest BCUT2D eigenvalue weighted by atomic mass is 9.84. The molecule has 1 heterocycles. The summed E-state index contributed by atoms with van der Waals surface area (Å²) < 4.78 is 14.0. The number of nitrogens with zero attached hydrogens (tertiary/aromatic N) is 1. The predicted molar refractivity (Wildman–Crippen MR) is 84.6 cm³/mol. The van der Waals surface area contributed by atoms with Crippen molar-refractivity contribution in [3.63, 3.8) is 0 Å². The SMILES string of the molecule is CCC1(C)CNC(C)(C2CC2)CN1Cc1ccccc1F. The fourth-order valence-corrected chi connectivity index (χ4v) is 3.57. The van der Waals surface area contributed by atoms with E-state index in [1.54, 1.807) is 12.1 Å². The van der Waals surface area contributed by atoms with Crippen LogP contribution in [0.15, 0.2) is 24.3 Å². The van der Waals surface area contributed by atoms with Crippen molar-refractivity contribution in [2.45, 2.75) is 57.7 Å². The highest BCUT2D eigenvalue weighted by atomic mass is 19.1. The summed E-state index contributed by atoms with van der Waals surface area (Å²) in [5.41, 5.74) is 1.12. The minimum atomic E-state index is -0.0809. The molecule has 1 saturated carbocycles. The third-order valence-electron chi connectivity index (χ3n) is 5.71. The zero-order valence-corrected chi connectivity index (χ0v) is 13.5. The van der Waals surface area contributed by atoms with Gasteiger partial charge >= 0.3 is 0 Å². The second-order valence-corrected chi connectivity index (χ2v) is 7.34. The van der Waals surface area contributed by atoms with Crippen LogP contribution in [-0.4, -0.2) is 29.1 Å². The highest BCUT2D eigenvalue weighted by molar-refractivity contribution is 5.19. The molecule has 0 radical (unpaired) electrons. The molecule has 1 aliphatic carbocycles. The molecule has 3 rings (SSSR count). The van der Waals surface area contributed by atoms with Gasteiger partial charge in [0.15, 0.2) is 0 Å². The van der Waals surface area contributed by atoms with Gasteiger partial charge in [0, 0.05) is 36.3 Å². The van der Waals surface area contributed by atoms with Crippen molar-refractivity contribution in [2.75, 3.05) is 13.1 Å². The van der Waals surface area contributed by atoms with Crippen LogP contribution in [0.25, 0.3) is 0 Å². The van der Waals surface area contributed by atoms with E-state index < -0.39 is 0 Å². The first-order valence-corrected chi connectivity index (χ1v) is 8.20. The van der Waals surface area contributed by atoms with Crippen molar-refractivity contribution in [2.24, 2.45) is 5.92 Å². The lowest BCUT2D eigenvalue weighted by Crippen LogP contribution is -2.68. The standard InChI is InChI=1S/C18H27FN2/c1-4-17(2)12-20-18(3,15-9-10-15)13-21(17)11-14-7-5-6-8-16(14)19/h5-8,15,20H,4,9-13H2,1-3H3. The van der Waals surface area contributed by atoms with Gasteiger partial charge in [-0.15, -0.1) is 0 Å². The molecular weight excluding hydrogens is 263 g/mol. The molecule has 1 N–H and O–H groups in total.